The van der Waals surface area contributed by atoms with Crippen LogP contribution in [0.4, 0.5) is 0 Å². The van der Waals surface area contributed by atoms with Gasteiger partial charge in [0.15, 0.2) is 0 Å². The average molecular weight is 285 g/mol. The molecule has 0 aromatic carbocycles. The van der Waals surface area contributed by atoms with E-state index in [1.807, 2.05) is 22.7 Å². The Kier molecular flexibility index (Phi) is 3.16. The Balaban J connectivity index is 2.56. The van der Waals surface area contributed by atoms with Gasteiger partial charge in [-0.15, -0.1) is 0 Å². The van der Waals surface area contributed by atoms with Crippen LogP contribution in [0.5, 0.6) is 5.75 Å². The summed E-state index contributed by atoms with van der Waals surface area (Å²) in [7, 11) is 1.63. The Hall–Kier alpha value is -1.07. The highest BCUT2D eigenvalue weighted by Gasteiger charge is 2.11. The first kappa shape index (κ1) is 11.4. The molecule has 0 aliphatic carbocycles. The van der Waals surface area contributed by atoms with Gasteiger partial charge in [-0.2, -0.15) is 0 Å². The van der Waals surface area contributed by atoms with E-state index in [-0.39, 0.29) is 0 Å². The van der Waals surface area contributed by atoms with Crippen molar-refractivity contribution >= 4 is 21.4 Å². The summed E-state index contributed by atoms with van der Waals surface area (Å²) in [6.45, 7) is 1.75. The van der Waals surface area contributed by atoms with Crippen LogP contribution in [0, 0.1) is 0 Å². The number of aliphatic hydroxyl groups excluding tert-OH is 1. The molecule has 1 N–H and O–H groups in total. The van der Waals surface area contributed by atoms with E-state index in [9.17, 15) is 5.11 Å². The fraction of sp³-hybridized carbons (Fsp3) is 0.364. The highest BCUT2D eigenvalue weighted by atomic mass is 79.9. The number of imidazole rings is 1. The molecule has 0 saturated carbocycles. The zero-order valence-electron chi connectivity index (χ0n) is 9.14. The number of fused-ring (bicyclic) bond motifs is 1. The Morgan fingerprint density at radius 3 is 2.94 bits per heavy atom. The molecule has 1 unspecified atom stereocenters. The number of hydrogen-bond acceptors (Lipinski definition) is 3. The largest absolute Gasteiger partial charge is 0.495 e. The first-order valence-electron chi connectivity index (χ1n) is 5.00. The maximum atomic E-state index is 9.40. The second-order valence-electron chi connectivity index (χ2n) is 3.70. The fourth-order valence-corrected chi connectivity index (χ4v) is 2.14. The summed E-state index contributed by atoms with van der Waals surface area (Å²) in [6, 6.07) is 3.81. The van der Waals surface area contributed by atoms with E-state index >= 15 is 0 Å². The fourth-order valence-electron chi connectivity index (χ4n) is 1.62. The highest BCUT2D eigenvalue weighted by molar-refractivity contribution is 9.10. The minimum Gasteiger partial charge on any atom is -0.495 e. The van der Waals surface area contributed by atoms with Crippen molar-refractivity contribution in [2.75, 3.05) is 7.11 Å². The van der Waals surface area contributed by atoms with Crippen LogP contribution in [0.3, 0.4) is 0 Å². The summed E-state index contributed by atoms with van der Waals surface area (Å²) in [5.74, 6) is 1.58. The van der Waals surface area contributed by atoms with E-state index in [1.165, 1.54) is 0 Å². The lowest BCUT2D eigenvalue weighted by Gasteiger charge is -2.05. The zero-order chi connectivity index (χ0) is 11.7. The molecule has 5 heteroatoms. The van der Waals surface area contributed by atoms with Gasteiger partial charge in [0, 0.05) is 6.42 Å². The van der Waals surface area contributed by atoms with Crippen LogP contribution in [0.2, 0.25) is 0 Å². The normalized spacial score (nSPS) is 13.0. The second-order valence-corrected chi connectivity index (χ2v) is 4.45. The van der Waals surface area contributed by atoms with E-state index in [0.29, 0.717) is 6.42 Å². The van der Waals surface area contributed by atoms with Crippen LogP contribution in [0.15, 0.2) is 22.9 Å². The van der Waals surface area contributed by atoms with Crippen molar-refractivity contribution in [1.82, 2.24) is 9.38 Å². The molecule has 2 heterocycles. The SMILES string of the molecule is COc1ccc2c(Br)nc(CC(C)O)n2c1. The topological polar surface area (TPSA) is 46.8 Å². The lowest BCUT2D eigenvalue weighted by molar-refractivity contribution is 0.192. The van der Waals surface area contributed by atoms with Gasteiger partial charge in [0.05, 0.1) is 24.9 Å². The molecule has 16 heavy (non-hydrogen) atoms. The van der Waals surface area contributed by atoms with Crippen molar-refractivity contribution in [2.45, 2.75) is 19.4 Å². The molecule has 0 aliphatic rings. The molecule has 2 aromatic heterocycles. The van der Waals surface area contributed by atoms with Crippen molar-refractivity contribution in [3.63, 3.8) is 0 Å². The number of aliphatic hydroxyl groups is 1. The molecule has 2 rings (SSSR count). The number of ether oxygens (including phenoxy) is 1. The molecule has 86 valence electrons. The van der Waals surface area contributed by atoms with Gasteiger partial charge < -0.3 is 9.84 Å². The van der Waals surface area contributed by atoms with Gasteiger partial charge in [-0.3, -0.25) is 4.40 Å². The van der Waals surface area contributed by atoms with E-state index in [2.05, 4.69) is 20.9 Å². The maximum absolute atomic E-state index is 9.40. The molecular formula is C11H13BrN2O2. The molecule has 2 aromatic rings. The Morgan fingerprint density at radius 1 is 1.56 bits per heavy atom. The molecule has 4 nitrogen and oxygen atoms in total. The average Bonchev–Trinajstić information content (AvgIpc) is 2.54. The maximum Gasteiger partial charge on any atom is 0.135 e. The Morgan fingerprint density at radius 2 is 2.31 bits per heavy atom. The number of halogens is 1. The third-order valence-corrected chi connectivity index (χ3v) is 2.94. The summed E-state index contributed by atoms with van der Waals surface area (Å²) in [5.41, 5.74) is 0.969. The molecule has 0 bridgehead atoms. The van der Waals surface area contributed by atoms with Crippen molar-refractivity contribution < 1.29 is 9.84 Å². The van der Waals surface area contributed by atoms with E-state index in [4.69, 9.17) is 4.74 Å². The highest BCUT2D eigenvalue weighted by Crippen LogP contribution is 2.22. The molecule has 0 aliphatic heterocycles. The van der Waals surface area contributed by atoms with Crippen molar-refractivity contribution in [1.29, 1.82) is 0 Å². The number of hydrogen-bond donors (Lipinski definition) is 1. The lowest BCUT2D eigenvalue weighted by atomic mass is 10.3. The summed E-state index contributed by atoms with van der Waals surface area (Å²) in [5, 5.41) is 9.40. The van der Waals surface area contributed by atoms with Gasteiger partial charge in [0.1, 0.15) is 16.2 Å². The van der Waals surface area contributed by atoms with Gasteiger partial charge in [-0.25, -0.2) is 4.98 Å². The van der Waals surface area contributed by atoms with E-state index < -0.39 is 6.10 Å². The van der Waals surface area contributed by atoms with Crippen LogP contribution in [0.25, 0.3) is 5.52 Å². The summed E-state index contributed by atoms with van der Waals surface area (Å²) in [6.07, 6.45) is 1.97. The number of nitrogens with zero attached hydrogens (tertiary/aromatic N) is 2. The quantitative estimate of drug-likeness (QED) is 0.938. The van der Waals surface area contributed by atoms with Crippen molar-refractivity contribution in [3.8, 4) is 5.75 Å². The van der Waals surface area contributed by atoms with Gasteiger partial charge in [-0.1, -0.05) is 0 Å². The van der Waals surface area contributed by atoms with Gasteiger partial charge >= 0.3 is 0 Å². The third kappa shape index (κ3) is 2.05. The summed E-state index contributed by atoms with van der Waals surface area (Å²) >= 11 is 3.40. The van der Waals surface area contributed by atoms with Crippen LogP contribution in [-0.4, -0.2) is 27.7 Å². The zero-order valence-corrected chi connectivity index (χ0v) is 10.7. The number of methoxy groups -OCH3 is 1. The lowest BCUT2D eigenvalue weighted by Crippen LogP contribution is -2.07. The van der Waals surface area contributed by atoms with Crippen molar-refractivity contribution in [3.05, 3.63) is 28.8 Å². The van der Waals surface area contributed by atoms with E-state index in [1.54, 1.807) is 14.0 Å². The van der Waals surface area contributed by atoms with Crippen molar-refractivity contribution in [2.24, 2.45) is 0 Å². The summed E-state index contributed by atoms with van der Waals surface area (Å²) in [4.78, 5) is 4.37. The molecule has 0 radical (unpaired) electrons. The molecular weight excluding hydrogens is 272 g/mol. The molecule has 0 saturated heterocycles. The number of pyridine rings is 1. The van der Waals surface area contributed by atoms with Crippen LogP contribution < -0.4 is 4.74 Å². The van der Waals surface area contributed by atoms with Crippen LogP contribution >= 0.6 is 15.9 Å². The molecule has 0 spiro atoms. The Labute approximate surface area is 102 Å². The standard InChI is InChI=1S/C11H13BrN2O2/c1-7(15)5-10-13-11(12)9-4-3-8(16-2)6-14(9)10/h3-4,6-7,15H,5H2,1-2H3. The smallest absolute Gasteiger partial charge is 0.135 e. The summed E-state index contributed by atoms with van der Waals surface area (Å²) < 4.78 is 7.87. The molecule has 1 atom stereocenters. The Bertz CT molecular complexity index is 508. The minimum atomic E-state index is -0.413. The van der Waals surface area contributed by atoms with Crippen LogP contribution in [0.1, 0.15) is 12.7 Å². The predicted molar refractivity (Wildman–Crippen MR) is 64.8 cm³/mol. The number of rotatable bonds is 3. The molecule has 0 amide bonds. The third-order valence-electron chi connectivity index (χ3n) is 2.35. The minimum absolute atomic E-state index is 0.413. The molecule has 0 fully saturated rings. The predicted octanol–water partition coefficient (Wildman–Crippen LogP) is 2.03. The number of aromatic nitrogens is 2. The van der Waals surface area contributed by atoms with Gasteiger partial charge in [0.2, 0.25) is 0 Å². The van der Waals surface area contributed by atoms with Crippen LogP contribution in [-0.2, 0) is 6.42 Å². The van der Waals surface area contributed by atoms with Gasteiger partial charge in [0.25, 0.3) is 0 Å². The monoisotopic (exact) mass is 284 g/mol. The van der Waals surface area contributed by atoms with E-state index in [0.717, 1.165) is 21.7 Å². The second kappa shape index (κ2) is 4.43. The first-order valence-corrected chi connectivity index (χ1v) is 5.79. The first-order chi connectivity index (χ1) is 7.61. The van der Waals surface area contributed by atoms with Gasteiger partial charge in [-0.05, 0) is 35.0 Å².